The molecule has 3 rings (SSSR count). The third-order valence-corrected chi connectivity index (χ3v) is 3.91. The normalized spacial score (nSPS) is 14.1. The Morgan fingerprint density at radius 3 is 3.10 bits per heavy atom. The topological polar surface area (TPSA) is 68.5 Å². The van der Waals surface area contributed by atoms with E-state index in [4.69, 9.17) is 22.1 Å². The first kappa shape index (κ1) is 13.9. The molecular formula is C15H16ClN3O2. The van der Waals surface area contributed by atoms with E-state index in [9.17, 15) is 4.79 Å². The van der Waals surface area contributed by atoms with Crippen LogP contribution in [0.4, 0.5) is 10.5 Å². The number of aromatic nitrogens is 1. The summed E-state index contributed by atoms with van der Waals surface area (Å²) in [5, 5.41) is 1.52. The van der Waals surface area contributed by atoms with Gasteiger partial charge in [-0.25, -0.2) is 4.79 Å². The standard InChI is InChI=1S/C15H16ClN3O2/c1-2-21-15(20)19-6-5-11-13(8-19)18-12-7-9(16)3-4-10(12)14(11)17/h3-4,7H,2,5-6,8H2,1H3,(H2,17,18). The SMILES string of the molecule is CCOC(=O)N1CCc2c(nc3cc(Cl)ccc3c2N)C1. The van der Waals surface area contributed by atoms with Gasteiger partial charge in [-0.1, -0.05) is 11.6 Å². The lowest BCUT2D eigenvalue weighted by Crippen LogP contribution is -2.37. The van der Waals surface area contributed by atoms with Crippen molar-refractivity contribution < 1.29 is 9.53 Å². The highest BCUT2D eigenvalue weighted by Crippen LogP contribution is 2.31. The molecule has 6 heteroatoms. The second-order valence-electron chi connectivity index (χ2n) is 4.98. The molecule has 1 amide bonds. The number of rotatable bonds is 1. The third-order valence-electron chi connectivity index (χ3n) is 3.68. The quantitative estimate of drug-likeness (QED) is 0.879. The molecule has 0 fully saturated rings. The molecule has 1 aromatic carbocycles. The number of anilines is 1. The van der Waals surface area contributed by atoms with Gasteiger partial charge in [0, 0.05) is 28.2 Å². The van der Waals surface area contributed by atoms with E-state index in [1.54, 1.807) is 17.9 Å². The first-order valence-electron chi connectivity index (χ1n) is 6.88. The van der Waals surface area contributed by atoms with E-state index in [1.807, 2.05) is 12.1 Å². The average molecular weight is 306 g/mol. The molecule has 0 bridgehead atoms. The molecule has 2 heterocycles. The monoisotopic (exact) mass is 305 g/mol. The third kappa shape index (κ3) is 2.49. The molecule has 0 spiro atoms. The van der Waals surface area contributed by atoms with Gasteiger partial charge in [0.15, 0.2) is 0 Å². The molecule has 110 valence electrons. The summed E-state index contributed by atoms with van der Waals surface area (Å²) in [6.07, 6.45) is 0.376. The predicted molar refractivity (Wildman–Crippen MR) is 82.3 cm³/mol. The van der Waals surface area contributed by atoms with Crippen LogP contribution in [0.1, 0.15) is 18.2 Å². The van der Waals surface area contributed by atoms with E-state index in [-0.39, 0.29) is 6.09 Å². The van der Waals surface area contributed by atoms with Gasteiger partial charge >= 0.3 is 6.09 Å². The zero-order valence-corrected chi connectivity index (χ0v) is 12.5. The molecule has 2 N–H and O–H groups in total. The van der Waals surface area contributed by atoms with Gasteiger partial charge in [0.2, 0.25) is 0 Å². The van der Waals surface area contributed by atoms with Gasteiger partial charge in [0.25, 0.3) is 0 Å². The number of hydrogen-bond donors (Lipinski definition) is 1. The van der Waals surface area contributed by atoms with E-state index < -0.39 is 0 Å². The lowest BCUT2D eigenvalue weighted by atomic mass is 10.00. The zero-order chi connectivity index (χ0) is 15.0. The number of carbonyl (C=O) groups excluding carboxylic acids is 1. The van der Waals surface area contributed by atoms with Gasteiger partial charge in [-0.2, -0.15) is 0 Å². The number of carbonyl (C=O) groups is 1. The van der Waals surface area contributed by atoms with Crippen molar-refractivity contribution in [2.45, 2.75) is 19.9 Å². The van der Waals surface area contributed by atoms with Crippen molar-refractivity contribution in [2.75, 3.05) is 18.9 Å². The number of halogens is 1. The zero-order valence-electron chi connectivity index (χ0n) is 11.7. The highest BCUT2D eigenvalue weighted by Gasteiger charge is 2.25. The largest absolute Gasteiger partial charge is 0.450 e. The Balaban J connectivity index is 2.02. The van der Waals surface area contributed by atoms with E-state index in [2.05, 4.69) is 4.98 Å². The second kappa shape index (κ2) is 5.41. The number of nitrogens with two attached hydrogens (primary N) is 1. The summed E-state index contributed by atoms with van der Waals surface area (Å²) < 4.78 is 5.04. The Labute approximate surface area is 127 Å². The summed E-state index contributed by atoms with van der Waals surface area (Å²) in [6.45, 7) is 3.17. The lowest BCUT2D eigenvalue weighted by molar-refractivity contribution is 0.102. The van der Waals surface area contributed by atoms with Gasteiger partial charge in [-0.05, 0) is 31.5 Å². The van der Waals surface area contributed by atoms with Crippen LogP contribution in [0.5, 0.6) is 0 Å². The predicted octanol–water partition coefficient (Wildman–Crippen LogP) is 2.99. The van der Waals surface area contributed by atoms with Crippen LogP contribution in [0.2, 0.25) is 5.02 Å². The smallest absolute Gasteiger partial charge is 0.410 e. The summed E-state index contributed by atoms with van der Waals surface area (Å²) in [6, 6.07) is 5.48. The van der Waals surface area contributed by atoms with E-state index >= 15 is 0 Å². The fraction of sp³-hybridized carbons (Fsp3) is 0.333. The van der Waals surface area contributed by atoms with Crippen LogP contribution in [0, 0.1) is 0 Å². The van der Waals surface area contributed by atoms with Crippen molar-refractivity contribution >= 4 is 34.3 Å². The number of ether oxygens (including phenoxy) is 1. The maximum Gasteiger partial charge on any atom is 0.410 e. The Kier molecular flexibility index (Phi) is 3.59. The van der Waals surface area contributed by atoms with Gasteiger partial charge in [-0.3, -0.25) is 4.98 Å². The van der Waals surface area contributed by atoms with Crippen LogP contribution in [-0.4, -0.2) is 29.1 Å². The Hall–Kier alpha value is -2.01. The van der Waals surface area contributed by atoms with Crippen molar-refractivity contribution in [2.24, 2.45) is 0 Å². The van der Waals surface area contributed by atoms with Crippen LogP contribution in [-0.2, 0) is 17.7 Å². The molecule has 0 saturated carbocycles. The Bertz CT molecular complexity index is 718. The average Bonchev–Trinajstić information content (AvgIpc) is 2.46. The summed E-state index contributed by atoms with van der Waals surface area (Å²) in [5.74, 6) is 0. The molecule has 0 unspecified atom stereocenters. The number of amides is 1. The highest BCUT2D eigenvalue weighted by atomic mass is 35.5. The number of nitrogen functional groups attached to an aromatic ring is 1. The molecule has 1 aliphatic heterocycles. The van der Waals surface area contributed by atoms with Crippen LogP contribution in [0.25, 0.3) is 10.9 Å². The van der Waals surface area contributed by atoms with Gasteiger partial charge in [0.1, 0.15) is 0 Å². The lowest BCUT2D eigenvalue weighted by Gasteiger charge is -2.28. The minimum Gasteiger partial charge on any atom is -0.450 e. The molecule has 0 aliphatic carbocycles. The van der Waals surface area contributed by atoms with E-state index in [0.29, 0.717) is 31.1 Å². The minimum atomic E-state index is -0.310. The minimum absolute atomic E-state index is 0.310. The molecular weight excluding hydrogens is 290 g/mol. The van der Waals surface area contributed by atoms with Gasteiger partial charge in [-0.15, -0.1) is 0 Å². The van der Waals surface area contributed by atoms with Crippen LogP contribution in [0.3, 0.4) is 0 Å². The number of benzene rings is 1. The van der Waals surface area contributed by atoms with Crippen molar-refractivity contribution in [3.8, 4) is 0 Å². The van der Waals surface area contributed by atoms with E-state index in [0.717, 1.165) is 27.8 Å². The van der Waals surface area contributed by atoms with Crippen molar-refractivity contribution in [1.82, 2.24) is 9.88 Å². The summed E-state index contributed by atoms with van der Waals surface area (Å²) >= 11 is 6.01. The second-order valence-corrected chi connectivity index (χ2v) is 5.42. The Morgan fingerprint density at radius 1 is 1.52 bits per heavy atom. The first-order chi connectivity index (χ1) is 10.1. The van der Waals surface area contributed by atoms with Crippen molar-refractivity contribution in [3.05, 3.63) is 34.5 Å². The maximum absolute atomic E-state index is 11.8. The number of hydrogen-bond acceptors (Lipinski definition) is 4. The van der Waals surface area contributed by atoms with Crippen LogP contribution in [0.15, 0.2) is 18.2 Å². The van der Waals surface area contributed by atoms with Crippen molar-refractivity contribution in [3.63, 3.8) is 0 Å². The number of nitrogens with zero attached hydrogens (tertiary/aromatic N) is 2. The molecule has 1 aliphatic rings. The fourth-order valence-corrected chi connectivity index (χ4v) is 2.81. The molecule has 0 atom stereocenters. The van der Waals surface area contributed by atoms with E-state index in [1.165, 1.54) is 0 Å². The summed E-state index contributed by atoms with van der Waals surface area (Å²) in [7, 11) is 0. The molecule has 0 saturated heterocycles. The highest BCUT2D eigenvalue weighted by molar-refractivity contribution is 6.31. The van der Waals surface area contributed by atoms with Crippen LogP contribution >= 0.6 is 11.6 Å². The number of fused-ring (bicyclic) bond motifs is 2. The molecule has 0 radical (unpaired) electrons. The summed E-state index contributed by atoms with van der Waals surface area (Å²) in [5.41, 5.74) is 9.58. The molecule has 1 aromatic heterocycles. The Morgan fingerprint density at radius 2 is 2.33 bits per heavy atom. The van der Waals surface area contributed by atoms with Gasteiger partial charge < -0.3 is 15.4 Å². The fourth-order valence-electron chi connectivity index (χ4n) is 2.64. The molecule has 2 aromatic rings. The van der Waals surface area contributed by atoms with Crippen molar-refractivity contribution in [1.29, 1.82) is 0 Å². The molecule has 5 nitrogen and oxygen atoms in total. The first-order valence-corrected chi connectivity index (χ1v) is 7.26. The molecule has 21 heavy (non-hydrogen) atoms. The van der Waals surface area contributed by atoms with Crippen LogP contribution < -0.4 is 5.73 Å². The van der Waals surface area contributed by atoms with Gasteiger partial charge in [0.05, 0.1) is 24.4 Å². The summed E-state index contributed by atoms with van der Waals surface area (Å²) in [4.78, 5) is 18.1. The number of pyridine rings is 1. The maximum atomic E-state index is 11.8.